The Kier molecular flexibility index (Phi) is 7.55. The second-order valence-electron chi connectivity index (χ2n) is 4.50. The molecule has 0 aliphatic carbocycles. The Labute approximate surface area is 90.1 Å². The van der Waals surface area contributed by atoms with Crippen molar-refractivity contribution < 1.29 is 0 Å². The first-order chi connectivity index (χ1) is 6.61. The molecule has 0 spiro atoms. The number of hydrogen-bond acceptors (Lipinski definition) is 0. The van der Waals surface area contributed by atoms with Crippen LogP contribution < -0.4 is 0 Å². The molecule has 0 N–H and O–H groups in total. The van der Waals surface area contributed by atoms with Gasteiger partial charge in [0.1, 0.15) is 0 Å². The van der Waals surface area contributed by atoms with Crippen molar-refractivity contribution in [1.29, 1.82) is 0 Å². The zero-order chi connectivity index (χ0) is 11.0. The van der Waals surface area contributed by atoms with Crippen LogP contribution in [0.15, 0.2) is 24.8 Å². The zero-order valence-corrected chi connectivity index (χ0v) is 10.2. The van der Waals surface area contributed by atoms with Crippen molar-refractivity contribution in [1.82, 2.24) is 0 Å². The molecule has 0 fully saturated rings. The van der Waals surface area contributed by atoms with Gasteiger partial charge < -0.3 is 0 Å². The third-order valence-corrected chi connectivity index (χ3v) is 3.12. The molecule has 0 aliphatic heterocycles. The van der Waals surface area contributed by atoms with Crippen molar-refractivity contribution in [3.8, 4) is 0 Å². The van der Waals surface area contributed by atoms with Crippen LogP contribution in [0.5, 0.6) is 0 Å². The molecule has 0 aromatic heterocycles. The van der Waals surface area contributed by atoms with Gasteiger partial charge >= 0.3 is 0 Å². The molecule has 0 saturated heterocycles. The minimum absolute atomic E-state index is 0.710. The summed E-state index contributed by atoms with van der Waals surface area (Å²) < 4.78 is 0. The van der Waals surface area contributed by atoms with E-state index in [9.17, 15) is 0 Å². The van der Waals surface area contributed by atoms with Gasteiger partial charge in [-0.3, -0.25) is 0 Å². The van der Waals surface area contributed by atoms with Crippen molar-refractivity contribution in [2.24, 2.45) is 11.8 Å². The molecule has 0 amide bonds. The summed E-state index contributed by atoms with van der Waals surface area (Å²) in [4.78, 5) is 0. The van der Waals surface area contributed by atoms with Gasteiger partial charge in [0, 0.05) is 0 Å². The van der Waals surface area contributed by atoms with Crippen LogP contribution in [0.25, 0.3) is 0 Å². The van der Waals surface area contributed by atoms with Gasteiger partial charge in [-0.2, -0.15) is 0 Å². The van der Waals surface area contributed by atoms with Crippen molar-refractivity contribution in [2.75, 3.05) is 0 Å². The van der Waals surface area contributed by atoms with E-state index >= 15 is 0 Å². The maximum Gasteiger partial charge on any atom is -0.0206 e. The predicted octanol–water partition coefficient (Wildman–Crippen LogP) is 4.97. The average molecular weight is 194 g/mol. The standard InChI is InChI=1S/C14H26/c1-6-8-9-14(12(3)4)11-10-13(5)7-2/h6,13-14H,1,3,7-11H2,2,4-5H3/t13-,14+/m1/s1. The molecule has 0 aromatic carbocycles. The molecule has 0 bridgehead atoms. The van der Waals surface area contributed by atoms with E-state index in [0.29, 0.717) is 5.92 Å². The number of allylic oxidation sites excluding steroid dienone is 2. The molecule has 0 rings (SSSR count). The maximum atomic E-state index is 4.08. The summed E-state index contributed by atoms with van der Waals surface area (Å²) in [5.41, 5.74) is 1.34. The minimum atomic E-state index is 0.710. The van der Waals surface area contributed by atoms with Gasteiger partial charge in [-0.25, -0.2) is 0 Å². The second kappa shape index (κ2) is 7.84. The molecule has 0 aromatic rings. The Hall–Kier alpha value is -0.520. The Morgan fingerprint density at radius 2 is 1.93 bits per heavy atom. The summed E-state index contributed by atoms with van der Waals surface area (Å²) in [6.45, 7) is 14.6. The lowest BCUT2D eigenvalue weighted by Crippen LogP contribution is -2.04. The topological polar surface area (TPSA) is 0 Å². The largest absolute Gasteiger partial charge is 0.103 e. The Morgan fingerprint density at radius 1 is 1.29 bits per heavy atom. The van der Waals surface area contributed by atoms with Crippen LogP contribution in [0.4, 0.5) is 0 Å². The van der Waals surface area contributed by atoms with E-state index in [1.807, 2.05) is 6.08 Å². The van der Waals surface area contributed by atoms with Gasteiger partial charge in [0.25, 0.3) is 0 Å². The summed E-state index contributed by atoms with van der Waals surface area (Å²) in [6, 6.07) is 0. The minimum Gasteiger partial charge on any atom is -0.103 e. The fourth-order valence-corrected chi connectivity index (χ4v) is 1.65. The maximum absolute atomic E-state index is 4.08. The first-order valence-electron chi connectivity index (χ1n) is 5.88. The Morgan fingerprint density at radius 3 is 2.36 bits per heavy atom. The Bertz CT molecular complexity index is 167. The molecule has 82 valence electrons. The van der Waals surface area contributed by atoms with E-state index in [1.165, 1.54) is 31.3 Å². The number of hydrogen-bond donors (Lipinski definition) is 0. The van der Waals surface area contributed by atoms with Gasteiger partial charge in [-0.05, 0) is 38.0 Å². The van der Waals surface area contributed by atoms with E-state index in [0.717, 1.165) is 12.3 Å². The Balaban J connectivity index is 3.84. The van der Waals surface area contributed by atoms with E-state index in [1.54, 1.807) is 0 Å². The van der Waals surface area contributed by atoms with Crippen molar-refractivity contribution in [2.45, 2.75) is 52.9 Å². The van der Waals surface area contributed by atoms with Crippen LogP contribution in [0.3, 0.4) is 0 Å². The highest BCUT2D eigenvalue weighted by atomic mass is 14.2. The normalized spacial score (nSPS) is 14.8. The van der Waals surface area contributed by atoms with E-state index in [2.05, 4.69) is 33.9 Å². The highest BCUT2D eigenvalue weighted by molar-refractivity contribution is 4.96. The third kappa shape index (κ3) is 6.01. The van der Waals surface area contributed by atoms with Crippen LogP contribution in [0.2, 0.25) is 0 Å². The van der Waals surface area contributed by atoms with Crippen LogP contribution in [-0.2, 0) is 0 Å². The van der Waals surface area contributed by atoms with Crippen LogP contribution in [0.1, 0.15) is 52.9 Å². The lowest BCUT2D eigenvalue weighted by Gasteiger charge is -2.18. The van der Waals surface area contributed by atoms with Gasteiger partial charge in [-0.15, -0.1) is 6.58 Å². The first kappa shape index (κ1) is 13.5. The highest BCUT2D eigenvalue weighted by Crippen LogP contribution is 2.24. The van der Waals surface area contributed by atoms with Gasteiger partial charge in [0.05, 0.1) is 0 Å². The van der Waals surface area contributed by atoms with Crippen molar-refractivity contribution in [3.63, 3.8) is 0 Å². The molecule has 0 nitrogen and oxygen atoms in total. The first-order valence-corrected chi connectivity index (χ1v) is 5.88. The molecule has 0 heteroatoms. The molecule has 0 saturated carbocycles. The lowest BCUT2D eigenvalue weighted by atomic mass is 9.88. The molecule has 0 radical (unpaired) electrons. The van der Waals surface area contributed by atoms with Crippen LogP contribution in [-0.4, -0.2) is 0 Å². The molecule has 0 heterocycles. The fourth-order valence-electron chi connectivity index (χ4n) is 1.65. The molecular weight excluding hydrogens is 168 g/mol. The van der Waals surface area contributed by atoms with Gasteiger partial charge in [-0.1, -0.05) is 44.9 Å². The lowest BCUT2D eigenvalue weighted by molar-refractivity contribution is 0.422. The summed E-state index contributed by atoms with van der Waals surface area (Å²) in [7, 11) is 0. The van der Waals surface area contributed by atoms with Crippen LogP contribution >= 0.6 is 0 Å². The van der Waals surface area contributed by atoms with Crippen molar-refractivity contribution in [3.05, 3.63) is 24.8 Å². The van der Waals surface area contributed by atoms with Gasteiger partial charge in [0.2, 0.25) is 0 Å². The summed E-state index contributed by atoms with van der Waals surface area (Å²) in [5, 5.41) is 0. The van der Waals surface area contributed by atoms with E-state index in [4.69, 9.17) is 0 Å². The highest BCUT2D eigenvalue weighted by Gasteiger charge is 2.10. The molecule has 14 heavy (non-hydrogen) atoms. The predicted molar refractivity (Wildman–Crippen MR) is 66.4 cm³/mol. The quantitative estimate of drug-likeness (QED) is 0.478. The number of rotatable bonds is 8. The average Bonchev–Trinajstić information content (AvgIpc) is 2.16. The molecule has 2 atom stereocenters. The fraction of sp³-hybridized carbons (Fsp3) is 0.714. The van der Waals surface area contributed by atoms with Gasteiger partial charge in [0.15, 0.2) is 0 Å². The van der Waals surface area contributed by atoms with E-state index < -0.39 is 0 Å². The molecule has 0 unspecified atom stereocenters. The van der Waals surface area contributed by atoms with Crippen LogP contribution in [0, 0.1) is 11.8 Å². The molecular formula is C14H26. The summed E-state index contributed by atoms with van der Waals surface area (Å²) in [6.07, 6.45) is 8.31. The second-order valence-corrected chi connectivity index (χ2v) is 4.50. The smallest absolute Gasteiger partial charge is 0.0206 e. The summed E-state index contributed by atoms with van der Waals surface area (Å²) in [5.74, 6) is 1.57. The monoisotopic (exact) mass is 194 g/mol. The SMILES string of the molecule is C=CCC[C@@H](CC[C@H](C)CC)C(=C)C. The summed E-state index contributed by atoms with van der Waals surface area (Å²) >= 11 is 0. The van der Waals surface area contributed by atoms with Crippen molar-refractivity contribution >= 4 is 0 Å². The third-order valence-electron chi connectivity index (χ3n) is 3.12. The molecule has 0 aliphatic rings. The van der Waals surface area contributed by atoms with E-state index in [-0.39, 0.29) is 0 Å². The zero-order valence-electron chi connectivity index (χ0n) is 10.2.